The summed E-state index contributed by atoms with van der Waals surface area (Å²) in [5.41, 5.74) is 2.15. The first kappa shape index (κ1) is 18.4. The molecule has 1 atom stereocenters. The number of nitrogens with one attached hydrogen (secondary N) is 1. The zero-order valence-electron chi connectivity index (χ0n) is 14.6. The Morgan fingerprint density at radius 3 is 2.38 bits per heavy atom. The molecule has 0 saturated heterocycles. The van der Waals surface area contributed by atoms with Gasteiger partial charge in [-0.2, -0.15) is 0 Å². The monoisotopic (exact) mass is 384 g/mol. The number of anilines is 1. The molecule has 3 rings (SSSR count). The number of rotatable bonds is 7. The van der Waals surface area contributed by atoms with Gasteiger partial charge in [-0.25, -0.2) is 0 Å². The van der Waals surface area contributed by atoms with E-state index >= 15 is 0 Å². The lowest BCUT2D eigenvalue weighted by Crippen LogP contribution is -2.26. The molecular formula is C19H20N4OS2. The van der Waals surface area contributed by atoms with E-state index in [0.717, 1.165) is 15.0 Å². The Balaban J connectivity index is 1.69. The van der Waals surface area contributed by atoms with Gasteiger partial charge in [0, 0.05) is 20.6 Å². The highest BCUT2D eigenvalue weighted by Gasteiger charge is 2.25. The number of nitrogens with zero attached hydrogens (tertiary/aromatic N) is 3. The number of likely N-dealkylation sites (N-methyl/N-ethyl adjacent to an activating group) is 1. The molecule has 1 N–H and O–H groups in total. The molecule has 7 heteroatoms. The van der Waals surface area contributed by atoms with Crippen LogP contribution >= 0.6 is 23.1 Å². The van der Waals surface area contributed by atoms with E-state index in [1.54, 1.807) is 19.0 Å². The predicted octanol–water partition coefficient (Wildman–Crippen LogP) is 4.07. The summed E-state index contributed by atoms with van der Waals surface area (Å²) in [7, 11) is 3.54. The van der Waals surface area contributed by atoms with Gasteiger partial charge in [0.25, 0.3) is 0 Å². The van der Waals surface area contributed by atoms with Crippen molar-refractivity contribution in [3.63, 3.8) is 0 Å². The molecule has 134 valence electrons. The van der Waals surface area contributed by atoms with E-state index in [-0.39, 0.29) is 11.2 Å². The van der Waals surface area contributed by atoms with Crippen LogP contribution in [0.4, 0.5) is 5.13 Å². The first-order valence-corrected chi connectivity index (χ1v) is 9.87. The summed E-state index contributed by atoms with van der Waals surface area (Å²) in [4.78, 5) is 14.2. The van der Waals surface area contributed by atoms with Crippen molar-refractivity contribution in [1.82, 2.24) is 15.1 Å². The van der Waals surface area contributed by atoms with Crippen LogP contribution in [0, 0.1) is 0 Å². The highest BCUT2D eigenvalue weighted by molar-refractivity contribution is 8.01. The SMILES string of the molecule is CN(C)C(=O)C(Sc1nnc(NCc2ccccc2)s1)c1ccccc1. The minimum Gasteiger partial charge on any atom is -0.356 e. The largest absolute Gasteiger partial charge is 0.356 e. The maximum atomic E-state index is 12.6. The van der Waals surface area contributed by atoms with E-state index in [1.165, 1.54) is 28.7 Å². The van der Waals surface area contributed by atoms with Gasteiger partial charge < -0.3 is 10.2 Å². The number of carbonyl (C=O) groups excluding carboxylic acids is 1. The topological polar surface area (TPSA) is 58.1 Å². The summed E-state index contributed by atoms with van der Waals surface area (Å²) >= 11 is 2.90. The van der Waals surface area contributed by atoms with Gasteiger partial charge in [-0.15, -0.1) is 10.2 Å². The molecule has 0 bridgehead atoms. The van der Waals surface area contributed by atoms with Crippen molar-refractivity contribution in [2.24, 2.45) is 0 Å². The lowest BCUT2D eigenvalue weighted by molar-refractivity contribution is -0.128. The molecule has 0 aliphatic carbocycles. The molecule has 3 aromatic rings. The smallest absolute Gasteiger partial charge is 0.240 e. The molecule has 1 unspecified atom stereocenters. The molecule has 0 spiro atoms. The average Bonchev–Trinajstić information content (AvgIpc) is 3.13. The Labute approximate surface area is 161 Å². The van der Waals surface area contributed by atoms with Crippen LogP contribution in [-0.4, -0.2) is 35.1 Å². The summed E-state index contributed by atoms with van der Waals surface area (Å²) in [6, 6.07) is 19.9. The molecule has 1 aromatic heterocycles. The first-order chi connectivity index (χ1) is 12.6. The molecule has 1 amide bonds. The summed E-state index contributed by atoms with van der Waals surface area (Å²) < 4.78 is 0.768. The van der Waals surface area contributed by atoms with E-state index in [0.29, 0.717) is 6.54 Å². The number of benzene rings is 2. The molecule has 0 saturated carbocycles. The van der Waals surface area contributed by atoms with Crippen molar-refractivity contribution in [3.05, 3.63) is 71.8 Å². The fourth-order valence-electron chi connectivity index (χ4n) is 2.33. The number of thioether (sulfide) groups is 1. The van der Waals surface area contributed by atoms with E-state index < -0.39 is 0 Å². The van der Waals surface area contributed by atoms with Crippen molar-refractivity contribution < 1.29 is 4.79 Å². The van der Waals surface area contributed by atoms with Crippen LogP contribution in [0.3, 0.4) is 0 Å². The Bertz CT molecular complexity index is 837. The quantitative estimate of drug-likeness (QED) is 0.622. The van der Waals surface area contributed by atoms with Gasteiger partial charge >= 0.3 is 0 Å². The van der Waals surface area contributed by atoms with Crippen LogP contribution in [0.25, 0.3) is 0 Å². The van der Waals surface area contributed by atoms with Gasteiger partial charge in [0.2, 0.25) is 11.0 Å². The number of hydrogen-bond acceptors (Lipinski definition) is 6. The fraction of sp³-hybridized carbons (Fsp3) is 0.211. The minimum atomic E-state index is -0.332. The van der Waals surface area contributed by atoms with Crippen LogP contribution < -0.4 is 5.32 Å². The van der Waals surface area contributed by atoms with Crippen LogP contribution in [0.5, 0.6) is 0 Å². The lowest BCUT2D eigenvalue weighted by atomic mass is 10.1. The van der Waals surface area contributed by atoms with Gasteiger partial charge in [0.05, 0.1) is 0 Å². The molecule has 26 heavy (non-hydrogen) atoms. The molecule has 0 radical (unpaired) electrons. The zero-order valence-corrected chi connectivity index (χ0v) is 16.3. The van der Waals surface area contributed by atoms with Crippen LogP contribution in [0.2, 0.25) is 0 Å². The highest BCUT2D eigenvalue weighted by Crippen LogP contribution is 2.38. The standard InChI is InChI=1S/C19H20N4OS2/c1-23(2)17(24)16(15-11-7-4-8-12-15)25-19-22-21-18(26-19)20-13-14-9-5-3-6-10-14/h3-12,16H,13H2,1-2H3,(H,20,21). The average molecular weight is 385 g/mol. The van der Waals surface area contributed by atoms with Gasteiger partial charge in [-0.1, -0.05) is 83.8 Å². The Hall–Kier alpha value is -2.38. The molecular weight excluding hydrogens is 364 g/mol. The number of carbonyl (C=O) groups is 1. The normalized spacial score (nSPS) is 11.8. The minimum absolute atomic E-state index is 0.0372. The van der Waals surface area contributed by atoms with Crippen molar-refractivity contribution in [1.29, 1.82) is 0 Å². The molecule has 0 aliphatic heterocycles. The van der Waals surface area contributed by atoms with E-state index in [9.17, 15) is 4.79 Å². The third-order valence-electron chi connectivity index (χ3n) is 3.68. The maximum absolute atomic E-state index is 12.6. The number of hydrogen-bond donors (Lipinski definition) is 1. The van der Waals surface area contributed by atoms with Crippen molar-refractivity contribution in [3.8, 4) is 0 Å². The van der Waals surface area contributed by atoms with Crippen LogP contribution in [0.15, 0.2) is 65.0 Å². The Morgan fingerprint density at radius 2 is 1.73 bits per heavy atom. The molecule has 2 aromatic carbocycles. The second-order valence-corrected chi connectivity index (χ2v) is 8.18. The third kappa shape index (κ3) is 4.83. The van der Waals surface area contributed by atoms with Crippen LogP contribution in [0.1, 0.15) is 16.4 Å². The van der Waals surface area contributed by atoms with Gasteiger partial charge in [-0.3, -0.25) is 4.79 Å². The van der Waals surface area contributed by atoms with E-state index in [4.69, 9.17) is 0 Å². The van der Waals surface area contributed by atoms with Gasteiger partial charge in [0.15, 0.2) is 4.34 Å². The lowest BCUT2D eigenvalue weighted by Gasteiger charge is -2.19. The van der Waals surface area contributed by atoms with Gasteiger partial charge in [-0.05, 0) is 11.1 Å². The Morgan fingerprint density at radius 1 is 1.08 bits per heavy atom. The highest BCUT2D eigenvalue weighted by atomic mass is 32.2. The molecule has 5 nitrogen and oxygen atoms in total. The van der Waals surface area contributed by atoms with Gasteiger partial charge in [0.1, 0.15) is 5.25 Å². The molecule has 1 heterocycles. The number of aromatic nitrogens is 2. The predicted molar refractivity (Wildman–Crippen MR) is 107 cm³/mol. The third-order valence-corrected chi connectivity index (χ3v) is 5.89. The maximum Gasteiger partial charge on any atom is 0.240 e. The summed E-state index contributed by atoms with van der Waals surface area (Å²) in [5, 5.41) is 12.1. The fourth-order valence-corrected chi connectivity index (χ4v) is 4.41. The Kier molecular flexibility index (Phi) is 6.25. The van der Waals surface area contributed by atoms with Crippen molar-refractivity contribution >= 4 is 34.1 Å². The number of amides is 1. The zero-order chi connectivity index (χ0) is 18.4. The second-order valence-electron chi connectivity index (χ2n) is 5.85. The summed E-state index contributed by atoms with van der Waals surface area (Å²) in [6.45, 7) is 0.693. The van der Waals surface area contributed by atoms with E-state index in [2.05, 4.69) is 27.6 Å². The van der Waals surface area contributed by atoms with E-state index in [1.807, 2.05) is 48.5 Å². The van der Waals surface area contributed by atoms with Crippen molar-refractivity contribution in [2.45, 2.75) is 16.1 Å². The van der Waals surface area contributed by atoms with Crippen molar-refractivity contribution in [2.75, 3.05) is 19.4 Å². The first-order valence-electron chi connectivity index (χ1n) is 8.17. The second kappa shape index (κ2) is 8.82. The van der Waals surface area contributed by atoms with Crippen LogP contribution in [-0.2, 0) is 11.3 Å². The molecule has 0 aliphatic rings. The molecule has 0 fully saturated rings. The summed E-state index contributed by atoms with van der Waals surface area (Å²) in [5.74, 6) is 0.0372. The summed E-state index contributed by atoms with van der Waals surface area (Å²) in [6.07, 6.45) is 0.